The average molecular weight is 336 g/mol. The van der Waals surface area contributed by atoms with Gasteiger partial charge < -0.3 is 10.1 Å². The molecule has 1 saturated heterocycles. The Balaban J connectivity index is 1.97. The number of aromatic amines is 1. The Kier molecular flexibility index (Phi) is 4.08. The topological polar surface area (TPSA) is 49.9 Å². The van der Waals surface area contributed by atoms with Crippen molar-refractivity contribution in [2.45, 2.75) is 18.8 Å². The van der Waals surface area contributed by atoms with Crippen molar-refractivity contribution in [2.24, 2.45) is 0 Å². The first-order valence-electron chi connectivity index (χ1n) is 6.89. The number of methoxy groups -OCH3 is 1. The van der Waals surface area contributed by atoms with Gasteiger partial charge in [-0.15, -0.1) is 0 Å². The van der Waals surface area contributed by atoms with E-state index in [0.717, 1.165) is 47.4 Å². The molecule has 1 fully saturated rings. The summed E-state index contributed by atoms with van der Waals surface area (Å²) < 4.78 is 6.49. The van der Waals surface area contributed by atoms with Crippen LogP contribution in [0.1, 0.15) is 24.5 Å². The number of aromatic nitrogens is 2. The van der Waals surface area contributed by atoms with Crippen LogP contribution in [0.2, 0.25) is 0 Å². The van der Waals surface area contributed by atoms with Crippen LogP contribution in [-0.2, 0) is 0 Å². The minimum atomic E-state index is 0.543. The van der Waals surface area contributed by atoms with Gasteiger partial charge in [0.15, 0.2) is 0 Å². The van der Waals surface area contributed by atoms with Crippen molar-refractivity contribution in [1.29, 1.82) is 0 Å². The SMILES string of the molecule is COc1ccccc1-c1n[nH]c(C2CCNCC2)c1Br. The van der Waals surface area contributed by atoms with E-state index in [9.17, 15) is 0 Å². The lowest BCUT2D eigenvalue weighted by Crippen LogP contribution is -2.26. The number of halogens is 1. The van der Waals surface area contributed by atoms with Gasteiger partial charge in [-0.3, -0.25) is 5.10 Å². The quantitative estimate of drug-likeness (QED) is 0.904. The third-order valence-corrected chi connectivity index (χ3v) is 4.64. The molecule has 2 heterocycles. The number of nitrogens with zero attached hydrogens (tertiary/aromatic N) is 1. The van der Waals surface area contributed by atoms with Crippen molar-refractivity contribution in [3.8, 4) is 17.0 Å². The van der Waals surface area contributed by atoms with Gasteiger partial charge in [0, 0.05) is 11.5 Å². The van der Waals surface area contributed by atoms with Gasteiger partial charge in [0.2, 0.25) is 0 Å². The zero-order valence-electron chi connectivity index (χ0n) is 11.4. The lowest BCUT2D eigenvalue weighted by atomic mass is 9.94. The average Bonchev–Trinajstić information content (AvgIpc) is 2.89. The summed E-state index contributed by atoms with van der Waals surface area (Å²) in [6, 6.07) is 7.96. The summed E-state index contributed by atoms with van der Waals surface area (Å²) in [5.74, 6) is 1.39. The number of nitrogens with one attached hydrogen (secondary N) is 2. The number of ether oxygens (including phenoxy) is 1. The highest BCUT2D eigenvalue weighted by atomic mass is 79.9. The molecular weight excluding hydrogens is 318 g/mol. The van der Waals surface area contributed by atoms with E-state index in [4.69, 9.17) is 4.74 Å². The predicted molar refractivity (Wildman–Crippen MR) is 83.1 cm³/mol. The molecule has 0 spiro atoms. The van der Waals surface area contributed by atoms with Gasteiger partial charge in [0.1, 0.15) is 11.4 Å². The highest BCUT2D eigenvalue weighted by Crippen LogP contribution is 2.38. The summed E-state index contributed by atoms with van der Waals surface area (Å²) in [5, 5.41) is 11.1. The number of benzene rings is 1. The van der Waals surface area contributed by atoms with Crippen molar-refractivity contribution in [1.82, 2.24) is 15.5 Å². The molecule has 4 nitrogen and oxygen atoms in total. The predicted octanol–water partition coefficient (Wildman–Crippen LogP) is 3.31. The van der Waals surface area contributed by atoms with Crippen LogP contribution in [0.25, 0.3) is 11.3 Å². The fourth-order valence-corrected chi connectivity index (χ4v) is 3.46. The molecule has 20 heavy (non-hydrogen) atoms. The summed E-state index contributed by atoms with van der Waals surface area (Å²) in [4.78, 5) is 0. The van der Waals surface area contributed by atoms with E-state index in [-0.39, 0.29) is 0 Å². The molecular formula is C15H18BrN3O. The van der Waals surface area contributed by atoms with E-state index in [2.05, 4.69) is 31.4 Å². The molecule has 2 N–H and O–H groups in total. The molecule has 0 atom stereocenters. The van der Waals surface area contributed by atoms with Crippen molar-refractivity contribution >= 4 is 15.9 Å². The van der Waals surface area contributed by atoms with E-state index >= 15 is 0 Å². The standard InChI is InChI=1S/C15H18BrN3O/c1-20-12-5-3-2-4-11(12)15-13(16)14(18-19-15)10-6-8-17-9-7-10/h2-5,10,17H,6-9H2,1H3,(H,18,19). The van der Waals surface area contributed by atoms with Crippen LogP contribution in [0.3, 0.4) is 0 Å². The molecule has 0 bridgehead atoms. The van der Waals surface area contributed by atoms with Gasteiger partial charge in [-0.2, -0.15) is 5.10 Å². The summed E-state index contributed by atoms with van der Waals surface area (Å²) in [7, 11) is 1.69. The first-order chi connectivity index (χ1) is 9.81. The van der Waals surface area contributed by atoms with Gasteiger partial charge >= 0.3 is 0 Å². The Labute approximate surface area is 127 Å². The number of para-hydroxylation sites is 1. The minimum Gasteiger partial charge on any atom is -0.496 e. The molecule has 2 aromatic rings. The van der Waals surface area contributed by atoms with Crippen molar-refractivity contribution in [3.63, 3.8) is 0 Å². The molecule has 0 unspecified atom stereocenters. The normalized spacial score (nSPS) is 16.3. The molecule has 1 aromatic carbocycles. The van der Waals surface area contributed by atoms with E-state index in [0.29, 0.717) is 5.92 Å². The first-order valence-corrected chi connectivity index (χ1v) is 7.68. The molecule has 0 saturated carbocycles. The number of hydrogen-bond acceptors (Lipinski definition) is 3. The molecule has 0 aliphatic carbocycles. The van der Waals surface area contributed by atoms with E-state index < -0.39 is 0 Å². The Morgan fingerprint density at radius 2 is 2.00 bits per heavy atom. The fraction of sp³-hybridized carbons (Fsp3) is 0.400. The second-order valence-electron chi connectivity index (χ2n) is 5.02. The van der Waals surface area contributed by atoms with Crippen LogP contribution in [0.5, 0.6) is 5.75 Å². The molecule has 5 heteroatoms. The lowest BCUT2D eigenvalue weighted by Gasteiger charge is -2.21. The van der Waals surface area contributed by atoms with Gasteiger partial charge in [-0.25, -0.2) is 0 Å². The molecule has 1 aromatic heterocycles. The molecule has 3 rings (SSSR count). The molecule has 1 aliphatic rings. The second-order valence-corrected chi connectivity index (χ2v) is 5.82. The van der Waals surface area contributed by atoms with Crippen molar-refractivity contribution in [2.75, 3.05) is 20.2 Å². The highest BCUT2D eigenvalue weighted by molar-refractivity contribution is 9.10. The van der Waals surface area contributed by atoms with Crippen LogP contribution < -0.4 is 10.1 Å². The molecule has 0 radical (unpaired) electrons. The Bertz CT molecular complexity index is 591. The Hall–Kier alpha value is -1.33. The largest absolute Gasteiger partial charge is 0.496 e. The van der Waals surface area contributed by atoms with Crippen LogP contribution in [0.15, 0.2) is 28.7 Å². The number of hydrogen-bond donors (Lipinski definition) is 2. The van der Waals surface area contributed by atoms with E-state index in [1.165, 1.54) is 5.69 Å². The maximum atomic E-state index is 5.42. The zero-order valence-corrected chi connectivity index (χ0v) is 13.0. The monoisotopic (exact) mass is 335 g/mol. The van der Waals surface area contributed by atoms with E-state index in [1.54, 1.807) is 7.11 Å². The van der Waals surface area contributed by atoms with Crippen LogP contribution >= 0.6 is 15.9 Å². The Morgan fingerprint density at radius 1 is 1.25 bits per heavy atom. The third-order valence-electron chi connectivity index (χ3n) is 3.84. The third kappa shape index (κ3) is 2.47. The number of H-pyrrole nitrogens is 1. The summed E-state index contributed by atoms with van der Waals surface area (Å²) in [6.45, 7) is 2.14. The summed E-state index contributed by atoms with van der Waals surface area (Å²) in [5.41, 5.74) is 3.14. The minimum absolute atomic E-state index is 0.543. The lowest BCUT2D eigenvalue weighted by molar-refractivity contribution is 0.416. The van der Waals surface area contributed by atoms with Gasteiger partial charge in [-0.1, -0.05) is 12.1 Å². The molecule has 1 aliphatic heterocycles. The summed E-state index contributed by atoms with van der Waals surface area (Å²) >= 11 is 3.72. The van der Waals surface area contributed by atoms with Crippen molar-refractivity contribution in [3.05, 3.63) is 34.4 Å². The smallest absolute Gasteiger partial charge is 0.128 e. The molecule has 106 valence electrons. The maximum Gasteiger partial charge on any atom is 0.128 e. The van der Waals surface area contributed by atoms with Gasteiger partial charge in [-0.05, 0) is 54.0 Å². The number of piperidine rings is 1. The number of rotatable bonds is 3. The van der Waals surface area contributed by atoms with Crippen LogP contribution in [0.4, 0.5) is 0 Å². The zero-order chi connectivity index (χ0) is 13.9. The highest BCUT2D eigenvalue weighted by Gasteiger charge is 2.23. The van der Waals surface area contributed by atoms with Gasteiger partial charge in [0.05, 0.1) is 17.3 Å². The van der Waals surface area contributed by atoms with Crippen molar-refractivity contribution < 1.29 is 4.74 Å². The maximum absolute atomic E-state index is 5.42. The molecule has 0 amide bonds. The van der Waals surface area contributed by atoms with Gasteiger partial charge in [0.25, 0.3) is 0 Å². The summed E-state index contributed by atoms with van der Waals surface area (Å²) in [6.07, 6.45) is 2.29. The van der Waals surface area contributed by atoms with E-state index in [1.807, 2.05) is 24.3 Å². The second kappa shape index (κ2) is 5.97. The van der Waals surface area contributed by atoms with Crippen LogP contribution in [-0.4, -0.2) is 30.4 Å². The Morgan fingerprint density at radius 3 is 2.75 bits per heavy atom. The first kappa shape index (κ1) is 13.6. The van der Waals surface area contributed by atoms with Crippen LogP contribution in [0, 0.1) is 0 Å². The fourth-order valence-electron chi connectivity index (χ4n) is 2.74.